The van der Waals surface area contributed by atoms with E-state index >= 15 is 0 Å². The van der Waals surface area contributed by atoms with Crippen LogP contribution in [0.1, 0.15) is 32.8 Å². The molecule has 14 heteroatoms. The fourth-order valence-corrected chi connectivity index (χ4v) is 3.38. The number of hydrogen-bond donors (Lipinski definition) is 5. The summed E-state index contributed by atoms with van der Waals surface area (Å²) in [5, 5.41) is 19.7. The molecule has 0 heterocycles. The van der Waals surface area contributed by atoms with Crippen molar-refractivity contribution in [2.24, 2.45) is 5.92 Å². The molecule has 0 fully saturated rings. The zero-order valence-corrected chi connectivity index (χ0v) is 24.6. The first-order valence-electron chi connectivity index (χ1n) is 11.8. The van der Waals surface area contributed by atoms with Crippen LogP contribution in [0.15, 0.2) is 24.3 Å². The van der Waals surface area contributed by atoms with E-state index in [4.69, 9.17) is 9.84 Å². The molecular weight excluding hydrogens is 632 g/mol. The van der Waals surface area contributed by atoms with Crippen molar-refractivity contribution in [3.8, 4) is 0 Å². The largest absolute Gasteiger partial charge is 0.506 e. The van der Waals surface area contributed by atoms with Crippen LogP contribution in [0.25, 0.3) is 0 Å². The van der Waals surface area contributed by atoms with Crippen LogP contribution >= 0.6 is 31.9 Å². The highest BCUT2D eigenvalue weighted by Crippen LogP contribution is 2.11. The van der Waals surface area contributed by atoms with Gasteiger partial charge in [0.2, 0.25) is 23.6 Å². The summed E-state index contributed by atoms with van der Waals surface area (Å²) in [6.07, 6.45) is -1.36. The minimum atomic E-state index is -1.38. The number of anilines is 1. The van der Waals surface area contributed by atoms with Crippen molar-refractivity contribution in [3.63, 3.8) is 0 Å². The van der Waals surface area contributed by atoms with E-state index in [0.29, 0.717) is 23.1 Å². The summed E-state index contributed by atoms with van der Waals surface area (Å²) in [6, 6.07) is 4.64. The number of carboxylic acid groups (broad SMARTS) is 1. The molecule has 0 aromatic heterocycles. The number of ether oxygens (including phenoxy) is 2. The Morgan fingerprint density at radius 2 is 1.61 bits per heavy atom. The van der Waals surface area contributed by atoms with Crippen molar-refractivity contribution >= 4 is 67.3 Å². The molecule has 3 atom stereocenters. The van der Waals surface area contributed by atoms with Gasteiger partial charge in [0.1, 0.15) is 23.5 Å². The summed E-state index contributed by atoms with van der Waals surface area (Å²) in [5.41, 5.74) is 1.07. The third kappa shape index (κ3) is 13.2. The number of carbonyl (C=O) groups is 5. The molecule has 0 saturated carbocycles. The van der Waals surface area contributed by atoms with E-state index in [2.05, 4.69) is 57.9 Å². The summed E-state index contributed by atoms with van der Waals surface area (Å²) in [4.78, 5) is 59.4. The Morgan fingerprint density at radius 1 is 0.947 bits per heavy atom. The minimum absolute atomic E-state index is 0.0243. The van der Waals surface area contributed by atoms with E-state index in [-0.39, 0.29) is 48.8 Å². The Bertz CT molecular complexity index is 946. The SMILES string of the molecule is CC(C)[C@H](NC(=O)CCOCCNC(=O)C(Br)CBr)C(=O)N[C@@H](C)C(=O)Nc1ccc(COC(=O)O)cc1. The zero-order chi connectivity index (χ0) is 28.7. The van der Waals surface area contributed by atoms with E-state index in [1.807, 2.05) is 0 Å². The molecule has 38 heavy (non-hydrogen) atoms. The molecule has 0 aliphatic rings. The number of benzene rings is 1. The second-order valence-corrected chi connectivity index (χ2v) is 10.3. The van der Waals surface area contributed by atoms with Gasteiger partial charge in [-0.25, -0.2) is 4.79 Å². The maximum atomic E-state index is 12.8. The molecule has 4 amide bonds. The Hall–Kier alpha value is -2.71. The smallest absolute Gasteiger partial charge is 0.450 e. The van der Waals surface area contributed by atoms with Gasteiger partial charge in [-0.2, -0.15) is 0 Å². The molecule has 1 unspecified atom stereocenters. The average Bonchev–Trinajstić information content (AvgIpc) is 2.87. The number of halogens is 2. The second kappa shape index (κ2) is 17.7. The van der Waals surface area contributed by atoms with E-state index in [0.717, 1.165) is 0 Å². The first kappa shape index (κ1) is 33.3. The van der Waals surface area contributed by atoms with E-state index in [1.165, 1.54) is 6.92 Å². The van der Waals surface area contributed by atoms with Crippen LogP contribution < -0.4 is 21.3 Å². The van der Waals surface area contributed by atoms with E-state index < -0.39 is 30.1 Å². The van der Waals surface area contributed by atoms with Crippen molar-refractivity contribution in [2.45, 2.75) is 50.7 Å². The van der Waals surface area contributed by atoms with Gasteiger partial charge in [0.15, 0.2) is 0 Å². The van der Waals surface area contributed by atoms with Gasteiger partial charge < -0.3 is 35.8 Å². The summed E-state index contributed by atoms with van der Waals surface area (Å²) < 4.78 is 9.85. The van der Waals surface area contributed by atoms with E-state index in [9.17, 15) is 24.0 Å². The van der Waals surface area contributed by atoms with Crippen LogP contribution in [0.4, 0.5) is 10.5 Å². The number of nitrogens with one attached hydrogen (secondary N) is 4. The molecule has 12 nitrogen and oxygen atoms in total. The highest BCUT2D eigenvalue weighted by atomic mass is 79.9. The second-order valence-electron chi connectivity index (χ2n) is 8.54. The normalized spacial score (nSPS) is 13.1. The maximum Gasteiger partial charge on any atom is 0.506 e. The quantitative estimate of drug-likeness (QED) is 0.102. The topological polar surface area (TPSA) is 172 Å². The van der Waals surface area contributed by atoms with Gasteiger partial charge in [-0.05, 0) is 30.5 Å². The van der Waals surface area contributed by atoms with Crippen molar-refractivity contribution < 1.29 is 38.6 Å². The molecule has 0 saturated heterocycles. The third-order valence-electron chi connectivity index (χ3n) is 5.04. The Labute approximate surface area is 238 Å². The summed E-state index contributed by atoms with van der Waals surface area (Å²) in [6.45, 7) is 5.60. The van der Waals surface area contributed by atoms with Gasteiger partial charge in [-0.1, -0.05) is 57.8 Å². The fraction of sp³-hybridized carbons (Fsp3) is 0.542. The number of carbonyl (C=O) groups excluding carboxylic acids is 4. The van der Waals surface area contributed by atoms with Crippen LogP contribution in [0, 0.1) is 5.92 Å². The van der Waals surface area contributed by atoms with Crippen molar-refractivity contribution in [2.75, 3.05) is 30.4 Å². The molecule has 0 spiro atoms. The van der Waals surface area contributed by atoms with Crippen molar-refractivity contribution in [3.05, 3.63) is 29.8 Å². The Balaban J connectivity index is 2.45. The lowest BCUT2D eigenvalue weighted by Gasteiger charge is -2.24. The number of amides is 4. The highest BCUT2D eigenvalue weighted by Gasteiger charge is 2.27. The molecule has 212 valence electrons. The van der Waals surface area contributed by atoms with Crippen LogP contribution in [0.3, 0.4) is 0 Å². The predicted molar refractivity (Wildman–Crippen MR) is 147 cm³/mol. The third-order valence-corrected chi connectivity index (χ3v) is 7.30. The van der Waals surface area contributed by atoms with Gasteiger partial charge in [0.05, 0.1) is 13.2 Å². The first-order valence-corrected chi connectivity index (χ1v) is 13.9. The fourth-order valence-electron chi connectivity index (χ4n) is 2.92. The van der Waals surface area contributed by atoms with Crippen LogP contribution in [0.5, 0.6) is 0 Å². The van der Waals surface area contributed by atoms with Crippen LogP contribution in [-0.4, -0.2) is 76.9 Å². The first-order chi connectivity index (χ1) is 17.9. The molecular formula is C24H34Br2N4O8. The molecule has 0 aliphatic heterocycles. The zero-order valence-electron chi connectivity index (χ0n) is 21.4. The molecule has 0 aliphatic carbocycles. The van der Waals surface area contributed by atoms with Gasteiger partial charge in [0.25, 0.3) is 0 Å². The maximum absolute atomic E-state index is 12.8. The van der Waals surface area contributed by atoms with Gasteiger partial charge in [-0.3, -0.25) is 19.2 Å². The van der Waals surface area contributed by atoms with Gasteiger partial charge in [-0.15, -0.1) is 0 Å². The Morgan fingerprint density at radius 3 is 2.18 bits per heavy atom. The standard InChI is InChI=1S/C24H34Br2N4O8/c1-14(2)20(30-19(31)8-10-37-11-9-27-22(33)18(26)12-25)23(34)28-15(3)21(32)29-17-6-4-16(5-7-17)13-38-24(35)36/h4-7,14-15,18,20H,8-13H2,1-3H3,(H,27,33)(H,28,34)(H,29,32)(H,30,31)(H,35,36)/t15-,18?,20-/m0/s1. The lowest BCUT2D eigenvalue weighted by atomic mass is 10.0. The molecule has 1 aromatic carbocycles. The number of hydrogen-bond acceptors (Lipinski definition) is 7. The lowest BCUT2D eigenvalue weighted by molar-refractivity contribution is -0.132. The molecule has 1 rings (SSSR count). The van der Waals surface area contributed by atoms with Crippen LogP contribution in [-0.2, 0) is 35.3 Å². The summed E-state index contributed by atoms with van der Waals surface area (Å²) in [7, 11) is 0. The minimum Gasteiger partial charge on any atom is -0.450 e. The van der Waals surface area contributed by atoms with Crippen molar-refractivity contribution in [1.29, 1.82) is 0 Å². The highest BCUT2D eigenvalue weighted by molar-refractivity contribution is 9.12. The molecule has 1 aromatic rings. The molecule has 0 radical (unpaired) electrons. The lowest BCUT2D eigenvalue weighted by Crippen LogP contribution is -2.53. The Kier molecular flexibility index (Phi) is 15.5. The monoisotopic (exact) mass is 664 g/mol. The average molecular weight is 666 g/mol. The van der Waals surface area contributed by atoms with Gasteiger partial charge in [0, 0.05) is 24.0 Å². The predicted octanol–water partition coefficient (Wildman–Crippen LogP) is 2.15. The summed E-state index contributed by atoms with van der Waals surface area (Å²) in [5.74, 6) is -1.76. The van der Waals surface area contributed by atoms with Crippen molar-refractivity contribution in [1.82, 2.24) is 16.0 Å². The number of alkyl halides is 2. The van der Waals surface area contributed by atoms with E-state index in [1.54, 1.807) is 38.1 Å². The molecule has 0 bridgehead atoms. The molecule has 5 N–H and O–H groups in total. The number of rotatable bonds is 16. The van der Waals surface area contributed by atoms with Crippen LogP contribution in [0.2, 0.25) is 0 Å². The summed E-state index contributed by atoms with van der Waals surface area (Å²) >= 11 is 6.41. The van der Waals surface area contributed by atoms with Gasteiger partial charge >= 0.3 is 6.16 Å².